The maximum atomic E-state index is 8.93. The molecule has 1 aliphatic rings. The van der Waals surface area contributed by atoms with Crippen molar-refractivity contribution in [3.63, 3.8) is 0 Å². The lowest BCUT2D eigenvalue weighted by molar-refractivity contribution is -0.278. The van der Waals surface area contributed by atoms with Crippen molar-refractivity contribution in [3.8, 4) is 0 Å². The van der Waals surface area contributed by atoms with Gasteiger partial charge in [0.15, 0.2) is 5.79 Å². The van der Waals surface area contributed by atoms with Crippen LogP contribution in [0.5, 0.6) is 0 Å². The summed E-state index contributed by atoms with van der Waals surface area (Å²) < 4.78 is 10.6. The largest absolute Gasteiger partial charge is 0.396 e. The number of aliphatic hydroxyl groups excluding tert-OH is 1. The fourth-order valence-corrected chi connectivity index (χ4v) is 2.08. The smallest absolute Gasteiger partial charge is 0.193 e. The molecule has 0 aromatic heterocycles. The molecule has 1 fully saturated rings. The van der Waals surface area contributed by atoms with Crippen molar-refractivity contribution in [1.29, 1.82) is 0 Å². The van der Waals surface area contributed by atoms with Crippen LogP contribution in [0.1, 0.15) is 20.3 Å². The normalized spacial score (nSPS) is 21.4. The molecule has 4 nitrogen and oxygen atoms in total. The van der Waals surface area contributed by atoms with E-state index in [9.17, 15) is 0 Å². The summed E-state index contributed by atoms with van der Waals surface area (Å²) in [5, 5.41) is 8.93. The van der Waals surface area contributed by atoms with Crippen LogP contribution in [-0.4, -0.2) is 56.3 Å². The van der Waals surface area contributed by atoms with Gasteiger partial charge in [-0.05, 0) is 11.8 Å². The van der Waals surface area contributed by atoms with Crippen molar-refractivity contribution < 1.29 is 14.6 Å². The highest BCUT2D eigenvalue weighted by Gasteiger charge is 2.44. The number of aliphatic hydroxyl groups is 1. The molecule has 0 spiro atoms. The maximum absolute atomic E-state index is 8.93. The minimum Gasteiger partial charge on any atom is -0.396 e. The predicted octanol–water partition coefficient (Wildman–Crippen LogP) is 0.700. The molecule has 0 unspecified atom stereocenters. The molecule has 1 saturated heterocycles. The Balaban J connectivity index is 2.33. The monoisotopic (exact) mass is 217 g/mol. The second-order valence-electron chi connectivity index (χ2n) is 5.10. The van der Waals surface area contributed by atoms with Crippen molar-refractivity contribution in [1.82, 2.24) is 4.90 Å². The Kier molecular flexibility index (Phi) is 4.12. The van der Waals surface area contributed by atoms with E-state index in [0.717, 1.165) is 26.1 Å². The zero-order chi connectivity index (χ0) is 11.5. The van der Waals surface area contributed by atoms with Gasteiger partial charge in [-0.1, -0.05) is 13.8 Å². The van der Waals surface area contributed by atoms with Gasteiger partial charge < -0.3 is 14.6 Å². The molecule has 0 aromatic carbocycles. The molecule has 4 heteroatoms. The van der Waals surface area contributed by atoms with Crippen LogP contribution in [0.15, 0.2) is 0 Å². The molecule has 1 rings (SSSR count). The van der Waals surface area contributed by atoms with Gasteiger partial charge in [0.2, 0.25) is 0 Å². The summed E-state index contributed by atoms with van der Waals surface area (Å²) in [7, 11) is 3.36. The Labute approximate surface area is 92.2 Å². The van der Waals surface area contributed by atoms with Crippen LogP contribution in [0.4, 0.5) is 0 Å². The third kappa shape index (κ3) is 3.14. The minimum absolute atomic E-state index is 0.155. The van der Waals surface area contributed by atoms with E-state index in [4.69, 9.17) is 14.6 Å². The molecule has 0 aromatic rings. The molecule has 1 N–H and O–H groups in total. The fourth-order valence-electron chi connectivity index (χ4n) is 2.08. The van der Waals surface area contributed by atoms with Gasteiger partial charge in [0.1, 0.15) is 0 Å². The van der Waals surface area contributed by atoms with E-state index in [1.165, 1.54) is 0 Å². The summed E-state index contributed by atoms with van der Waals surface area (Å²) in [6.07, 6.45) is 0.830. The van der Waals surface area contributed by atoms with Crippen LogP contribution >= 0.6 is 0 Å². The lowest BCUT2D eigenvalue weighted by Crippen LogP contribution is -2.65. The molecular weight excluding hydrogens is 194 g/mol. The van der Waals surface area contributed by atoms with Gasteiger partial charge in [0.05, 0.1) is 13.1 Å². The molecule has 15 heavy (non-hydrogen) atoms. The average molecular weight is 217 g/mol. The van der Waals surface area contributed by atoms with Crippen LogP contribution in [0.3, 0.4) is 0 Å². The lowest BCUT2D eigenvalue weighted by atomic mass is 9.87. The van der Waals surface area contributed by atoms with Gasteiger partial charge in [-0.3, -0.25) is 4.90 Å². The zero-order valence-electron chi connectivity index (χ0n) is 10.2. The Morgan fingerprint density at radius 3 is 2.20 bits per heavy atom. The molecule has 0 bridgehead atoms. The van der Waals surface area contributed by atoms with Crippen LogP contribution in [-0.2, 0) is 9.47 Å². The van der Waals surface area contributed by atoms with Gasteiger partial charge in [-0.25, -0.2) is 0 Å². The van der Waals surface area contributed by atoms with Crippen LogP contribution in [0.25, 0.3) is 0 Å². The molecule has 0 amide bonds. The van der Waals surface area contributed by atoms with Crippen molar-refractivity contribution in [2.24, 2.45) is 5.41 Å². The van der Waals surface area contributed by atoms with E-state index < -0.39 is 5.79 Å². The number of ether oxygens (including phenoxy) is 2. The first-order valence-electron chi connectivity index (χ1n) is 5.40. The first kappa shape index (κ1) is 12.9. The summed E-state index contributed by atoms with van der Waals surface area (Å²) in [4.78, 5) is 2.29. The van der Waals surface area contributed by atoms with Gasteiger partial charge in [-0.2, -0.15) is 0 Å². The summed E-state index contributed by atoms with van der Waals surface area (Å²) in [5.41, 5.74) is 0.155. The van der Waals surface area contributed by atoms with Crippen LogP contribution < -0.4 is 0 Å². The van der Waals surface area contributed by atoms with E-state index in [1.807, 2.05) is 0 Å². The molecule has 0 atom stereocenters. The first-order chi connectivity index (χ1) is 6.97. The molecule has 0 saturated carbocycles. The fraction of sp³-hybridized carbons (Fsp3) is 1.00. The molecule has 90 valence electrons. The second kappa shape index (κ2) is 4.78. The van der Waals surface area contributed by atoms with Crippen molar-refractivity contribution in [2.45, 2.75) is 26.1 Å². The van der Waals surface area contributed by atoms with Gasteiger partial charge in [0.25, 0.3) is 0 Å². The number of likely N-dealkylation sites (tertiary alicyclic amines) is 1. The summed E-state index contributed by atoms with van der Waals surface area (Å²) in [6, 6.07) is 0. The van der Waals surface area contributed by atoms with Crippen molar-refractivity contribution >= 4 is 0 Å². The average Bonchev–Trinajstić information content (AvgIpc) is 2.10. The third-order valence-corrected chi connectivity index (χ3v) is 3.11. The topological polar surface area (TPSA) is 41.9 Å². The van der Waals surface area contributed by atoms with E-state index in [2.05, 4.69) is 18.7 Å². The summed E-state index contributed by atoms with van der Waals surface area (Å²) in [5.74, 6) is -0.394. The predicted molar refractivity (Wildman–Crippen MR) is 58.7 cm³/mol. The second-order valence-corrected chi connectivity index (χ2v) is 5.10. The number of hydrogen-bond acceptors (Lipinski definition) is 4. The highest BCUT2D eigenvalue weighted by Crippen LogP contribution is 2.30. The number of nitrogens with zero attached hydrogens (tertiary/aromatic N) is 1. The summed E-state index contributed by atoms with van der Waals surface area (Å²) >= 11 is 0. The SMILES string of the molecule is COC1(OC)CN(CC(C)(C)CCO)C1. The van der Waals surface area contributed by atoms with E-state index in [0.29, 0.717) is 0 Å². The molecule has 1 aliphatic heterocycles. The first-order valence-corrected chi connectivity index (χ1v) is 5.40. The van der Waals surface area contributed by atoms with Crippen molar-refractivity contribution in [3.05, 3.63) is 0 Å². The molecular formula is C11H23NO3. The number of hydrogen-bond donors (Lipinski definition) is 1. The third-order valence-electron chi connectivity index (χ3n) is 3.11. The van der Waals surface area contributed by atoms with Crippen molar-refractivity contribution in [2.75, 3.05) is 40.5 Å². The van der Waals surface area contributed by atoms with Gasteiger partial charge in [-0.15, -0.1) is 0 Å². The molecule has 1 heterocycles. The van der Waals surface area contributed by atoms with Crippen LogP contribution in [0.2, 0.25) is 0 Å². The highest BCUT2D eigenvalue weighted by atomic mass is 16.7. The Bertz CT molecular complexity index is 194. The maximum Gasteiger partial charge on any atom is 0.193 e. The quantitative estimate of drug-likeness (QED) is 0.665. The Morgan fingerprint density at radius 1 is 1.27 bits per heavy atom. The van der Waals surface area contributed by atoms with E-state index in [1.54, 1.807) is 14.2 Å². The molecule has 0 radical (unpaired) electrons. The zero-order valence-corrected chi connectivity index (χ0v) is 10.2. The lowest BCUT2D eigenvalue weighted by Gasteiger charge is -2.49. The highest BCUT2D eigenvalue weighted by molar-refractivity contribution is 4.91. The number of methoxy groups -OCH3 is 2. The Hall–Kier alpha value is -0.160. The van der Waals surface area contributed by atoms with Gasteiger partial charge >= 0.3 is 0 Å². The number of rotatable bonds is 6. The summed E-state index contributed by atoms with van der Waals surface area (Å²) in [6.45, 7) is 7.19. The standard InChI is InChI=1S/C11H23NO3/c1-10(2,5-6-13)7-12-8-11(9-12,14-3)15-4/h13H,5-9H2,1-4H3. The van der Waals surface area contributed by atoms with E-state index in [-0.39, 0.29) is 12.0 Å². The Morgan fingerprint density at radius 2 is 1.80 bits per heavy atom. The van der Waals surface area contributed by atoms with Gasteiger partial charge in [0, 0.05) is 27.4 Å². The molecule has 0 aliphatic carbocycles. The minimum atomic E-state index is -0.394. The van der Waals surface area contributed by atoms with Crippen LogP contribution in [0, 0.1) is 5.41 Å². The van der Waals surface area contributed by atoms with E-state index >= 15 is 0 Å².